The Kier molecular flexibility index (Phi) is 6.09. The molecule has 1 amide bonds. The molecule has 0 spiro atoms. The average Bonchev–Trinajstić information content (AvgIpc) is 2.82. The normalized spacial score (nSPS) is 18.2. The van der Waals surface area contributed by atoms with E-state index in [2.05, 4.69) is 10.6 Å². The molecule has 1 atom stereocenters. The fourth-order valence-electron chi connectivity index (χ4n) is 2.09. The molecule has 0 radical (unpaired) electrons. The van der Waals surface area contributed by atoms with E-state index in [1.54, 1.807) is 12.1 Å². The topological polar surface area (TPSA) is 41.1 Å². The van der Waals surface area contributed by atoms with Gasteiger partial charge in [-0.25, -0.2) is 4.39 Å². The first-order valence-electron chi connectivity index (χ1n) is 6.03. The van der Waals surface area contributed by atoms with Crippen LogP contribution < -0.4 is 10.6 Å². The van der Waals surface area contributed by atoms with Crippen molar-refractivity contribution in [2.45, 2.75) is 25.3 Å². The molecule has 1 aliphatic heterocycles. The van der Waals surface area contributed by atoms with Crippen LogP contribution in [0.15, 0.2) is 24.3 Å². The van der Waals surface area contributed by atoms with E-state index in [-0.39, 0.29) is 24.1 Å². The lowest BCUT2D eigenvalue weighted by molar-refractivity contribution is 0.0952. The first-order valence-corrected chi connectivity index (χ1v) is 6.03. The number of halogens is 2. The van der Waals surface area contributed by atoms with E-state index < -0.39 is 0 Å². The summed E-state index contributed by atoms with van der Waals surface area (Å²) in [5, 5.41) is 6.18. The van der Waals surface area contributed by atoms with Crippen LogP contribution in [0.2, 0.25) is 0 Å². The van der Waals surface area contributed by atoms with Crippen molar-refractivity contribution < 1.29 is 9.18 Å². The minimum Gasteiger partial charge on any atom is -0.352 e. The molecule has 1 aromatic rings. The van der Waals surface area contributed by atoms with Gasteiger partial charge in [0, 0.05) is 18.2 Å². The van der Waals surface area contributed by atoms with Gasteiger partial charge in [0.2, 0.25) is 0 Å². The van der Waals surface area contributed by atoms with E-state index in [4.69, 9.17) is 0 Å². The van der Waals surface area contributed by atoms with Crippen molar-refractivity contribution in [3.05, 3.63) is 35.6 Å². The number of carbonyl (C=O) groups excluding carboxylic acids is 1. The zero-order chi connectivity index (χ0) is 12.1. The summed E-state index contributed by atoms with van der Waals surface area (Å²) in [4.78, 5) is 11.7. The number of hydrogen-bond acceptors (Lipinski definition) is 2. The average molecular weight is 273 g/mol. The van der Waals surface area contributed by atoms with Crippen molar-refractivity contribution in [1.29, 1.82) is 0 Å². The van der Waals surface area contributed by atoms with Gasteiger partial charge in [0.25, 0.3) is 5.91 Å². The van der Waals surface area contributed by atoms with E-state index >= 15 is 0 Å². The predicted octanol–water partition coefficient (Wildman–Crippen LogP) is 2.12. The van der Waals surface area contributed by atoms with E-state index in [1.807, 2.05) is 0 Å². The molecule has 2 rings (SSSR count). The zero-order valence-corrected chi connectivity index (χ0v) is 10.9. The molecule has 3 nitrogen and oxygen atoms in total. The molecule has 1 aliphatic rings. The first-order chi connectivity index (χ1) is 8.25. The number of hydrogen-bond donors (Lipinski definition) is 2. The molecule has 0 unspecified atom stereocenters. The number of rotatable bonds is 4. The van der Waals surface area contributed by atoms with E-state index in [1.165, 1.54) is 25.0 Å². The summed E-state index contributed by atoms with van der Waals surface area (Å²) in [5.74, 6) is -0.586. The maximum Gasteiger partial charge on any atom is 0.251 e. The SMILES string of the molecule is Cl.O=C(NCC[C@H]1CCCN1)c1cccc(F)c1. The van der Waals surface area contributed by atoms with E-state index in [0.717, 1.165) is 13.0 Å². The minimum atomic E-state index is -0.380. The number of nitrogens with one attached hydrogen (secondary N) is 2. The lowest BCUT2D eigenvalue weighted by Crippen LogP contribution is -2.30. The molecule has 1 heterocycles. The largest absolute Gasteiger partial charge is 0.352 e. The standard InChI is InChI=1S/C13H17FN2O.ClH/c14-11-4-1-3-10(9-11)13(17)16-8-6-12-5-2-7-15-12;/h1,3-4,9,12,15H,2,5-8H2,(H,16,17);1H/t12-;/m1./s1. The van der Waals surface area contributed by atoms with Gasteiger partial charge < -0.3 is 10.6 Å². The molecule has 0 saturated carbocycles. The Morgan fingerprint density at radius 3 is 3.00 bits per heavy atom. The third-order valence-corrected chi connectivity index (χ3v) is 3.03. The van der Waals surface area contributed by atoms with Crippen molar-refractivity contribution in [2.75, 3.05) is 13.1 Å². The molecular weight excluding hydrogens is 255 g/mol. The minimum absolute atomic E-state index is 0. The summed E-state index contributed by atoms with van der Waals surface area (Å²) in [6, 6.07) is 6.26. The lowest BCUT2D eigenvalue weighted by atomic mass is 10.1. The van der Waals surface area contributed by atoms with Gasteiger partial charge in [-0.05, 0) is 44.0 Å². The molecule has 1 saturated heterocycles. The molecule has 1 fully saturated rings. The van der Waals surface area contributed by atoms with Crippen molar-refractivity contribution in [1.82, 2.24) is 10.6 Å². The highest BCUT2D eigenvalue weighted by atomic mass is 35.5. The van der Waals surface area contributed by atoms with Gasteiger partial charge in [0.05, 0.1) is 0 Å². The fourth-order valence-corrected chi connectivity index (χ4v) is 2.09. The molecule has 18 heavy (non-hydrogen) atoms. The van der Waals surface area contributed by atoms with Gasteiger partial charge in [0.1, 0.15) is 5.82 Å². The maximum absolute atomic E-state index is 12.9. The highest BCUT2D eigenvalue weighted by Crippen LogP contribution is 2.08. The van der Waals surface area contributed by atoms with Crippen LogP contribution in [0.3, 0.4) is 0 Å². The fraction of sp³-hybridized carbons (Fsp3) is 0.462. The molecule has 0 aromatic heterocycles. The Morgan fingerprint density at radius 1 is 1.50 bits per heavy atom. The van der Waals surface area contributed by atoms with Crippen LogP contribution in [0.4, 0.5) is 4.39 Å². The predicted molar refractivity (Wildman–Crippen MR) is 71.6 cm³/mol. The van der Waals surface area contributed by atoms with Crippen molar-refractivity contribution in [3.8, 4) is 0 Å². The second kappa shape index (κ2) is 7.34. The number of benzene rings is 1. The van der Waals surface area contributed by atoms with E-state index in [0.29, 0.717) is 18.2 Å². The van der Waals surface area contributed by atoms with Gasteiger partial charge in [-0.1, -0.05) is 6.07 Å². The number of amides is 1. The molecule has 0 aliphatic carbocycles. The summed E-state index contributed by atoms with van der Waals surface area (Å²) < 4.78 is 12.9. The van der Waals surface area contributed by atoms with Crippen molar-refractivity contribution in [2.24, 2.45) is 0 Å². The van der Waals surface area contributed by atoms with Gasteiger partial charge >= 0.3 is 0 Å². The van der Waals surface area contributed by atoms with Crippen molar-refractivity contribution >= 4 is 18.3 Å². The summed E-state index contributed by atoms with van der Waals surface area (Å²) in [6.45, 7) is 1.70. The van der Waals surface area contributed by atoms with Crippen LogP contribution in [-0.4, -0.2) is 25.0 Å². The van der Waals surface area contributed by atoms with Gasteiger partial charge in [-0.2, -0.15) is 0 Å². The third kappa shape index (κ3) is 4.27. The van der Waals surface area contributed by atoms with Gasteiger partial charge in [-0.15, -0.1) is 12.4 Å². The summed E-state index contributed by atoms with van der Waals surface area (Å²) in [5.41, 5.74) is 0.379. The van der Waals surface area contributed by atoms with Gasteiger partial charge in [-0.3, -0.25) is 4.79 Å². The van der Waals surface area contributed by atoms with Gasteiger partial charge in [0.15, 0.2) is 0 Å². The van der Waals surface area contributed by atoms with E-state index in [9.17, 15) is 9.18 Å². The second-order valence-corrected chi connectivity index (χ2v) is 4.35. The van der Waals surface area contributed by atoms with Crippen LogP contribution in [0.25, 0.3) is 0 Å². The second-order valence-electron chi connectivity index (χ2n) is 4.35. The Labute approximate surface area is 113 Å². The van der Waals surface area contributed by atoms with Crippen LogP contribution >= 0.6 is 12.4 Å². The van der Waals surface area contributed by atoms with Crippen LogP contribution in [0.5, 0.6) is 0 Å². The molecule has 0 bridgehead atoms. The summed E-state index contributed by atoms with van der Waals surface area (Å²) >= 11 is 0. The van der Waals surface area contributed by atoms with Crippen molar-refractivity contribution in [3.63, 3.8) is 0 Å². The zero-order valence-electron chi connectivity index (χ0n) is 10.1. The molecule has 2 N–H and O–H groups in total. The monoisotopic (exact) mass is 272 g/mol. The summed E-state index contributed by atoms with van der Waals surface area (Å²) in [7, 11) is 0. The maximum atomic E-state index is 12.9. The molecule has 1 aromatic carbocycles. The van der Waals surface area contributed by atoms with Crippen LogP contribution in [-0.2, 0) is 0 Å². The third-order valence-electron chi connectivity index (χ3n) is 3.03. The first kappa shape index (κ1) is 14.9. The molecular formula is C13H18ClFN2O. The molecule has 100 valence electrons. The quantitative estimate of drug-likeness (QED) is 0.882. The Hall–Kier alpha value is -1.13. The highest BCUT2D eigenvalue weighted by molar-refractivity contribution is 5.94. The Bertz CT molecular complexity index is 394. The van der Waals surface area contributed by atoms with Crippen LogP contribution in [0, 0.1) is 5.82 Å². The number of carbonyl (C=O) groups is 1. The smallest absolute Gasteiger partial charge is 0.251 e. The Balaban J connectivity index is 0.00000162. The van der Waals surface area contributed by atoms with Crippen LogP contribution in [0.1, 0.15) is 29.6 Å². The highest BCUT2D eigenvalue weighted by Gasteiger charge is 2.14. The Morgan fingerprint density at radius 2 is 2.33 bits per heavy atom. The molecule has 5 heteroatoms. The summed E-state index contributed by atoms with van der Waals surface area (Å²) in [6.07, 6.45) is 3.32. The lowest BCUT2D eigenvalue weighted by Gasteiger charge is -2.10.